The van der Waals surface area contributed by atoms with Gasteiger partial charge < -0.3 is 0 Å². The van der Waals surface area contributed by atoms with Gasteiger partial charge in [0.15, 0.2) is 0 Å². The zero-order chi connectivity index (χ0) is 11.3. The summed E-state index contributed by atoms with van der Waals surface area (Å²) < 4.78 is 26.7. The van der Waals surface area contributed by atoms with E-state index < -0.39 is 17.7 Å². The molecule has 1 aromatic rings. The van der Waals surface area contributed by atoms with Crippen LogP contribution in [0.1, 0.15) is 24.9 Å². The first-order valence-electron chi connectivity index (χ1n) is 4.84. The highest BCUT2D eigenvalue weighted by molar-refractivity contribution is 5.28. The lowest BCUT2D eigenvalue weighted by atomic mass is 10.1. The van der Waals surface area contributed by atoms with E-state index in [1.54, 1.807) is 0 Å². The van der Waals surface area contributed by atoms with Crippen molar-refractivity contribution in [3.05, 3.63) is 35.4 Å². The van der Waals surface area contributed by atoms with E-state index in [9.17, 15) is 8.78 Å². The van der Waals surface area contributed by atoms with Crippen LogP contribution in [-0.4, -0.2) is 6.54 Å². The fourth-order valence-electron chi connectivity index (χ4n) is 1.32. The number of rotatable bonds is 4. The van der Waals surface area contributed by atoms with Gasteiger partial charge in [0, 0.05) is 0 Å². The van der Waals surface area contributed by atoms with Gasteiger partial charge >= 0.3 is 0 Å². The zero-order valence-corrected chi connectivity index (χ0v) is 8.56. The summed E-state index contributed by atoms with van der Waals surface area (Å²) in [4.78, 5) is 0. The smallest absolute Gasteiger partial charge is 0.131 e. The van der Waals surface area contributed by atoms with E-state index in [0.29, 0.717) is 6.54 Å². The molecule has 0 aliphatic carbocycles. The quantitative estimate of drug-likeness (QED) is 0.752. The van der Waals surface area contributed by atoms with Gasteiger partial charge in [-0.1, -0.05) is 18.9 Å². The molecule has 1 unspecified atom stereocenters. The van der Waals surface area contributed by atoms with Crippen LogP contribution in [0.3, 0.4) is 0 Å². The van der Waals surface area contributed by atoms with Crippen molar-refractivity contribution < 1.29 is 8.78 Å². The van der Waals surface area contributed by atoms with E-state index in [2.05, 4.69) is 11.2 Å². The van der Waals surface area contributed by atoms with Crippen molar-refractivity contribution in [3.8, 4) is 12.3 Å². The van der Waals surface area contributed by atoms with E-state index in [1.165, 1.54) is 18.2 Å². The molecule has 15 heavy (non-hydrogen) atoms. The summed E-state index contributed by atoms with van der Waals surface area (Å²) in [6.07, 6.45) is 6.09. The van der Waals surface area contributed by atoms with Crippen molar-refractivity contribution in [2.24, 2.45) is 0 Å². The Kier molecular flexibility index (Phi) is 4.26. The first-order valence-corrected chi connectivity index (χ1v) is 4.84. The Labute approximate surface area is 88.5 Å². The van der Waals surface area contributed by atoms with Crippen molar-refractivity contribution in [3.63, 3.8) is 0 Å². The first kappa shape index (κ1) is 11.7. The Morgan fingerprint density at radius 3 is 2.47 bits per heavy atom. The summed E-state index contributed by atoms with van der Waals surface area (Å²) in [7, 11) is 0. The van der Waals surface area contributed by atoms with Gasteiger partial charge in [-0.05, 0) is 25.1 Å². The molecule has 0 saturated heterocycles. The largest absolute Gasteiger partial charge is 0.300 e. The minimum atomic E-state index is -0.703. The van der Waals surface area contributed by atoms with Crippen molar-refractivity contribution in [1.29, 1.82) is 0 Å². The summed E-state index contributed by atoms with van der Waals surface area (Å²) in [6.45, 7) is 2.58. The van der Waals surface area contributed by atoms with E-state index in [1.807, 2.05) is 6.92 Å². The predicted molar refractivity (Wildman–Crippen MR) is 56.2 cm³/mol. The Bertz CT molecular complexity index is 348. The maximum Gasteiger partial charge on any atom is 0.131 e. The normalized spacial score (nSPS) is 12.1. The summed E-state index contributed by atoms with van der Waals surface area (Å²) >= 11 is 0. The molecule has 0 spiro atoms. The molecule has 0 saturated carbocycles. The van der Waals surface area contributed by atoms with Crippen LogP contribution < -0.4 is 5.32 Å². The van der Waals surface area contributed by atoms with Crippen LogP contribution in [0, 0.1) is 24.0 Å². The van der Waals surface area contributed by atoms with Gasteiger partial charge in [-0.3, -0.25) is 5.32 Å². The third-order valence-electron chi connectivity index (χ3n) is 2.05. The van der Waals surface area contributed by atoms with E-state index in [-0.39, 0.29) is 5.56 Å². The molecule has 0 aliphatic rings. The Morgan fingerprint density at radius 1 is 1.40 bits per heavy atom. The lowest BCUT2D eigenvalue weighted by Crippen LogP contribution is -2.22. The average Bonchev–Trinajstić information content (AvgIpc) is 2.22. The van der Waals surface area contributed by atoms with Crippen molar-refractivity contribution in [2.75, 3.05) is 6.54 Å². The average molecular weight is 209 g/mol. The highest BCUT2D eigenvalue weighted by Gasteiger charge is 2.16. The van der Waals surface area contributed by atoms with Crippen LogP contribution in [-0.2, 0) is 0 Å². The molecule has 0 heterocycles. The van der Waals surface area contributed by atoms with Gasteiger partial charge in [0.1, 0.15) is 17.7 Å². The topological polar surface area (TPSA) is 12.0 Å². The molecule has 80 valence electrons. The molecule has 1 nitrogen and oxygen atoms in total. The molecule has 0 bridgehead atoms. The maximum absolute atomic E-state index is 13.3. The van der Waals surface area contributed by atoms with Crippen molar-refractivity contribution in [1.82, 2.24) is 5.32 Å². The van der Waals surface area contributed by atoms with Crippen molar-refractivity contribution in [2.45, 2.75) is 19.4 Å². The van der Waals surface area contributed by atoms with Gasteiger partial charge in [0.25, 0.3) is 0 Å². The molecule has 1 atom stereocenters. The Hall–Kier alpha value is -1.40. The lowest BCUT2D eigenvalue weighted by Gasteiger charge is -2.14. The number of hydrogen-bond donors (Lipinski definition) is 1. The highest BCUT2D eigenvalue weighted by Crippen LogP contribution is 2.19. The predicted octanol–water partition coefficient (Wildman–Crippen LogP) is 2.64. The second-order valence-corrected chi connectivity index (χ2v) is 3.19. The van der Waals surface area contributed by atoms with Gasteiger partial charge in [-0.2, -0.15) is 0 Å². The molecule has 0 aliphatic heterocycles. The standard InChI is InChI=1S/C12H13F2N/c1-3-8-15-11(4-2)12-9(13)6-5-7-10(12)14/h2,5-7,11,15H,3,8H2,1H3. The minimum Gasteiger partial charge on any atom is -0.300 e. The van der Waals surface area contributed by atoms with Gasteiger partial charge in [0.05, 0.1) is 5.56 Å². The summed E-state index contributed by atoms with van der Waals surface area (Å²) in [5.41, 5.74) is -0.0755. The fourth-order valence-corrected chi connectivity index (χ4v) is 1.32. The lowest BCUT2D eigenvalue weighted by molar-refractivity contribution is 0.515. The molecule has 1 rings (SSSR count). The van der Waals surface area contributed by atoms with Crippen LogP contribution in [0.25, 0.3) is 0 Å². The summed E-state index contributed by atoms with van der Waals surface area (Å²) in [5, 5.41) is 2.90. The third kappa shape index (κ3) is 2.77. The SMILES string of the molecule is C#CC(NCCC)c1c(F)cccc1F. The van der Waals surface area contributed by atoms with Crippen LogP contribution in [0.4, 0.5) is 8.78 Å². The van der Waals surface area contributed by atoms with Crippen LogP contribution in [0.2, 0.25) is 0 Å². The van der Waals surface area contributed by atoms with Gasteiger partial charge in [-0.15, -0.1) is 6.42 Å². The molecular formula is C12H13F2N. The molecule has 0 aromatic heterocycles. The molecular weight excluding hydrogens is 196 g/mol. The first-order chi connectivity index (χ1) is 7.20. The monoisotopic (exact) mass is 209 g/mol. The number of benzene rings is 1. The van der Waals surface area contributed by atoms with Gasteiger partial charge in [0.2, 0.25) is 0 Å². The minimum absolute atomic E-state index is 0.0755. The van der Waals surface area contributed by atoms with Crippen LogP contribution in [0.15, 0.2) is 18.2 Å². The number of hydrogen-bond acceptors (Lipinski definition) is 1. The molecule has 0 fully saturated rings. The van der Waals surface area contributed by atoms with Crippen molar-refractivity contribution >= 4 is 0 Å². The Morgan fingerprint density at radius 2 is 2.00 bits per heavy atom. The summed E-state index contributed by atoms with van der Waals surface area (Å²) in [5.74, 6) is 1.12. The molecule has 0 radical (unpaired) electrons. The van der Waals surface area contributed by atoms with Crippen LogP contribution >= 0.6 is 0 Å². The highest BCUT2D eigenvalue weighted by atomic mass is 19.1. The fraction of sp³-hybridized carbons (Fsp3) is 0.333. The second kappa shape index (κ2) is 5.47. The molecule has 1 aromatic carbocycles. The van der Waals surface area contributed by atoms with Crippen LogP contribution in [0.5, 0.6) is 0 Å². The number of terminal acetylenes is 1. The molecule has 1 N–H and O–H groups in total. The number of halogens is 2. The third-order valence-corrected chi connectivity index (χ3v) is 2.05. The summed E-state index contributed by atoms with van der Waals surface area (Å²) in [6, 6.07) is 3.03. The molecule has 0 amide bonds. The molecule has 3 heteroatoms. The number of nitrogens with one attached hydrogen (secondary N) is 1. The van der Waals surface area contributed by atoms with E-state index in [4.69, 9.17) is 6.42 Å². The second-order valence-electron chi connectivity index (χ2n) is 3.19. The van der Waals surface area contributed by atoms with E-state index in [0.717, 1.165) is 6.42 Å². The Balaban J connectivity index is 2.97. The van der Waals surface area contributed by atoms with Gasteiger partial charge in [-0.25, -0.2) is 8.78 Å². The zero-order valence-electron chi connectivity index (χ0n) is 8.56. The maximum atomic E-state index is 13.3. The van der Waals surface area contributed by atoms with E-state index >= 15 is 0 Å².